The number of hydrogen-bond acceptors (Lipinski definition) is 4. The third kappa shape index (κ3) is 3.15. The molecule has 1 aromatic heterocycles. The molecule has 2 aromatic rings. The Labute approximate surface area is 115 Å². The topological polar surface area (TPSA) is 61.0 Å². The molecule has 0 fully saturated rings. The van der Waals surface area contributed by atoms with E-state index in [1.165, 1.54) is 0 Å². The summed E-state index contributed by atoms with van der Waals surface area (Å²) in [4.78, 5) is 8.37. The molecular formula is C12H10ClN3OS. The van der Waals surface area contributed by atoms with Gasteiger partial charge in [-0.25, -0.2) is 9.97 Å². The standard InChI is InChI=1S/C12H10ClN3OS/c13-10-6-8(2-3-9(10)12(14)18)17-7-11-15-4-1-5-16-11/h1-6H,7H2,(H2,14,18). The van der Waals surface area contributed by atoms with Crippen molar-refractivity contribution >= 4 is 28.8 Å². The summed E-state index contributed by atoms with van der Waals surface area (Å²) in [6.07, 6.45) is 3.32. The molecule has 92 valence electrons. The minimum Gasteiger partial charge on any atom is -0.486 e. The van der Waals surface area contributed by atoms with Crippen molar-refractivity contribution in [2.75, 3.05) is 0 Å². The van der Waals surface area contributed by atoms with Gasteiger partial charge in [0.1, 0.15) is 17.3 Å². The molecule has 2 rings (SSSR count). The Morgan fingerprint density at radius 2 is 2.06 bits per heavy atom. The third-order valence-corrected chi connectivity index (χ3v) is 2.73. The van der Waals surface area contributed by atoms with Gasteiger partial charge in [-0.3, -0.25) is 0 Å². The van der Waals surface area contributed by atoms with Crippen LogP contribution in [-0.2, 0) is 6.61 Å². The quantitative estimate of drug-likeness (QED) is 0.871. The molecule has 0 unspecified atom stereocenters. The van der Waals surface area contributed by atoms with Gasteiger partial charge in [0.2, 0.25) is 0 Å². The van der Waals surface area contributed by atoms with Crippen molar-refractivity contribution in [3.8, 4) is 5.75 Å². The van der Waals surface area contributed by atoms with Crippen LogP contribution in [0, 0.1) is 0 Å². The molecule has 0 bridgehead atoms. The van der Waals surface area contributed by atoms with Crippen LogP contribution in [0.25, 0.3) is 0 Å². The van der Waals surface area contributed by atoms with Crippen LogP contribution in [0.2, 0.25) is 5.02 Å². The van der Waals surface area contributed by atoms with Gasteiger partial charge in [0.05, 0.1) is 5.02 Å². The SMILES string of the molecule is NC(=S)c1ccc(OCc2ncccn2)cc1Cl. The van der Waals surface area contributed by atoms with Gasteiger partial charge in [0.15, 0.2) is 5.82 Å². The van der Waals surface area contributed by atoms with Gasteiger partial charge in [-0.1, -0.05) is 23.8 Å². The van der Waals surface area contributed by atoms with Gasteiger partial charge in [-0.15, -0.1) is 0 Å². The Bertz CT molecular complexity index is 563. The number of aromatic nitrogens is 2. The molecule has 18 heavy (non-hydrogen) atoms. The van der Waals surface area contributed by atoms with Gasteiger partial charge in [-0.05, 0) is 24.3 Å². The average molecular weight is 280 g/mol. The van der Waals surface area contributed by atoms with Crippen molar-refractivity contribution in [1.29, 1.82) is 0 Å². The van der Waals surface area contributed by atoms with E-state index in [0.717, 1.165) is 0 Å². The zero-order valence-corrected chi connectivity index (χ0v) is 10.9. The summed E-state index contributed by atoms with van der Waals surface area (Å²) in [6.45, 7) is 0.281. The highest BCUT2D eigenvalue weighted by atomic mass is 35.5. The van der Waals surface area contributed by atoms with Crippen LogP contribution in [0.15, 0.2) is 36.7 Å². The molecule has 0 saturated heterocycles. The molecular weight excluding hydrogens is 270 g/mol. The molecule has 0 atom stereocenters. The van der Waals surface area contributed by atoms with Crippen molar-refractivity contribution in [1.82, 2.24) is 9.97 Å². The predicted octanol–water partition coefficient (Wildman–Crippen LogP) is 2.34. The second-order valence-corrected chi connectivity index (χ2v) is 4.31. The summed E-state index contributed by atoms with van der Waals surface area (Å²) in [7, 11) is 0. The van der Waals surface area contributed by atoms with Crippen LogP contribution in [0.3, 0.4) is 0 Å². The second kappa shape index (κ2) is 5.75. The van der Waals surface area contributed by atoms with E-state index in [-0.39, 0.29) is 11.6 Å². The lowest BCUT2D eigenvalue weighted by Crippen LogP contribution is -2.10. The van der Waals surface area contributed by atoms with E-state index >= 15 is 0 Å². The molecule has 0 aliphatic heterocycles. The van der Waals surface area contributed by atoms with Crippen LogP contribution < -0.4 is 10.5 Å². The number of nitrogens with two attached hydrogens (primary N) is 1. The van der Waals surface area contributed by atoms with Crippen molar-refractivity contribution in [2.45, 2.75) is 6.61 Å². The molecule has 1 aromatic carbocycles. The first-order valence-electron chi connectivity index (χ1n) is 5.15. The van der Waals surface area contributed by atoms with Crippen molar-refractivity contribution in [2.24, 2.45) is 5.73 Å². The number of hydrogen-bond donors (Lipinski definition) is 1. The summed E-state index contributed by atoms with van der Waals surface area (Å²) in [6, 6.07) is 6.89. The monoisotopic (exact) mass is 279 g/mol. The number of halogens is 1. The predicted molar refractivity (Wildman–Crippen MR) is 73.7 cm³/mol. The summed E-state index contributed by atoms with van der Waals surface area (Å²) >= 11 is 10.9. The Hall–Kier alpha value is -1.72. The highest BCUT2D eigenvalue weighted by molar-refractivity contribution is 7.80. The summed E-state index contributed by atoms with van der Waals surface area (Å²) < 4.78 is 5.51. The summed E-state index contributed by atoms with van der Waals surface area (Å²) in [5.41, 5.74) is 6.15. The maximum atomic E-state index is 6.03. The third-order valence-electron chi connectivity index (χ3n) is 2.19. The Morgan fingerprint density at radius 1 is 1.33 bits per heavy atom. The Balaban J connectivity index is 2.07. The van der Waals surface area contributed by atoms with Crippen LogP contribution in [0.1, 0.15) is 11.4 Å². The molecule has 0 spiro atoms. The van der Waals surface area contributed by atoms with Crippen LogP contribution in [-0.4, -0.2) is 15.0 Å². The molecule has 0 aliphatic carbocycles. The fourth-order valence-electron chi connectivity index (χ4n) is 1.34. The maximum absolute atomic E-state index is 6.03. The lowest BCUT2D eigenvalue weighted by atomic mass is 10.2. The first-order valence-corrected chi connectivity index (χ1v) is 5.93. The number of rotatable bonds is 4. The number of benzene rings is 1. The zero-order chi connectivity index (χ0) is 13.0. The van der Waals surface area contributed by atoms with E-state index in [1.807, 2.05) is 0 Å². The Kier molecular flexibility index (Phi) is 4.07. The largest absolute Gasteiger partial charge is 0.486 e. The molecule has 4 nitrogen and oxygen atoms in total. The van der Waals surface area contributed by atoms with E-state index in [2.05, 4.69) is 9.97 Å². The normalized spacial score (nSPS) is 10.1. The van der Waals surface area contributed by atoms with E-state index in [9.17, 15) is 0 Å². The molecule has 0 saturated carbocycles. The van der Waals surface area contributed by atoms with Crippen molar-refractivity contribution in [3.63, 3.8) is 0 Å². The molecule has 6 heteroatoms. The fourth-order valence-corrected chi connectivity index (χ4v) is 1.84. The first kappa shape index (κ1) is 12.7. The minimum atomic E-state index is 0.262. The van der Waals surface area contributed by atoms with Crippen LogP contribution in [0.5, 0.6) is 5.75 Å². The van der Waals surface area contributed by atoms with Gasteiger partial charge < -0.3 is 10.5 Å². The summed E-state index contributed by atoms with van der Waals surface area (Å²) in [5, 5.41) is 0.467. The lowest BCUT2D eigenvalue weighted by molar-refractivity contribution is 0.296. The number of ether oxygens (including phenoxy) is 1. The highest BCUT2D eigenvalue weighted by Gasteiger charge is 2.05. The second-order valence-electron chi connectivity index (χ2n) is 3.46. The van der Waals surface area contributed by atoms with Gasteiger partial charge in [0.25, 0.3) is 0 Å². The van der Waals surface area contributed by atoms with E-state index in [4.69, 9.17) is 34.3 Å². The average Bonchev–Trinajstić information content (AvgIpc) is 2.37. The van der Waals surface area contributed by atoms with E-state index in [0.29, 0.717) is 22.2 Å². The van der Waals surface area contributed by atoms with Crippen molar-refractivity contribution in [3.05, 3.63) is 53.1 Å². The summed E-state index contributed by atoms with van der Waals surface area (Å²) in [5.74, 6) is 1.22. The minimum absolute atomic E-state index is 0.262. The molecule has 1 heterocycles. The Morgan fingerprint density at radius 3 is 2.67 bits per heavy atom. The molecule has 0 aliphatic rings. The van der Waals surface area contributed by atoms with Gasteiger partial charge in [-0.2, -0.15) is 0 Å². The van der Waals surface area contributed by atoms with Crippen LogP contribution in [0.4, 0.5) is 0 Å². The first-order chi connectivity index (χ1) is 8.66. The highest BCUT2D eigenvalue weighted by Crippen LogP contribution is 2.22. The maximum Gasteiger partial charge on any atom is 0.166 e. The molecule has 0 radical (unpaired) electrons. The van der Waals surface area contributed by atoms with Crippen molar-refractivity contribution < 1.29 is 4.74 Å². The zero-order valence-electron chi connectivity index (χ0n) is 9.34. The van der Waals surface area contributed by atoms with Gasteiger partial charge in [0, 0.05) is 18.0 Å². The number of nitrogens with zero attached hydrogens (tertiary/aromatic N) is 2. The van der Waals surface area contributed by atoms with E-state index < -0.39 is 0 Å². The van der Waals surface area contributed by atoms with E-state index in [1.54, 1.807) is 36.7 Å². The van der Waals surface area contributed by atoms with Crippen LogP contribution >= 0.6 is 23.8 Å². The number of thiocarbonyl (C=S) groups is 1. The molecule has 0 amide bonds. The lowest BCUT2D eigenvalue weighted by Gasteiger charge is -2.07. The molecule has 2 N–H and O–H groups in total. The van der Waals surface area contributed by atoms with Gasteiger partial charge >= 0.3 is 0 Å². The fraction of sp³-hybridized carbons (Fsp3) is 0.0833. The smallest absolute Gasteiger partial charge is 0.166 e.